The smallest absolute Gasteiger partial charge is 0.310 e. The van der Waals surface area contributed by atoms with E-state index in [4.69, 9.17) is 0 Å². The van der Waals surface area contributed by atoms with Gasteiger partial charge in [0, 0.05) is 12.6 Å². The second-order valence-corrected chi connectivity index (χ2v) is 8.69. The van der Waals surface area contributed by atoms with E-state index in [1.54, 1.807) is 6.92 Å². The first-order chi connectivity index (χ1) is 14.2. The Bertz CT molecular complexity index is 973. The number of carbonyl (C=O) groups excluding carboxylic acids is 1. The van der Waals surface area contributed by atoms with Crippen molar-refractivity contribution >= 4 is 17.6 Å². The summed E-state index contributed by atoms with van der Waals surface area (Å²) in [7, 11) is 0. The molecule has 1 atom stereocenters. The van der Waals surface area contributed by atoms with Crippen LogP contribution in [0.5, 0.6) is 0 Å². The van der Waals surface area contributed by atoms with Crippen LogP contribution in [0.4, 0.5) is 5.69 Å². The van der Waals surface area contributed by atoms with Crippen molar-refractivity contribution in [3.05, 3.63) is 52.1 Å². The van der Waals surface area contributed by atoms with E-state index in [0.717, 1.165) is 65.6 Å². The lowest BCUT2D eigenvalue weighted by molar-refractivity contribution is -0.138. The van der Waals surface area contributed by atoms with Crippen molar-refractivity contribution in [1.82, 2.24) is 0 Å². The number of amides is 1. The molecule has 2 aromatic rings. The fourth-order valence-electron chi connectivity index (χ4n) is 4.31. The quantitative estimate of drug-likeness (QED) is 0.537. The van der Waals surface area contributed by atoms with Gasteiger partial charge in [0.15, 0.2) is 0 Å². The predicted octanol–water partition coefficient (Wildman–Crippen LogP) is 6.34. The van der Waals surface area contributed by atoms with Crippen molar-refractivity contribution < 1.29 is 14.7 Å². The molecule has 1 fully saturated rings. The fraction of sp³-hybridized carbons (Fsp3) is 0.462. The Morgan fingerprint density at radius 3 is 2.47 bits per heavy atom. The first-order valence-electron chi connectivity index (χ1n) is 11.0. The predicted molar refractivity (Wildman–Crippen MR) is 122 cm³/mol. The maximum absolute atomic E-state index is 12.0. The summed E-state index contributed by atoms with van der Waals surface area (Å²) in [6, 6.07) is 8.61. The van der Waals surface area contributed by atoms with Crippen molar-refractivity contribution in [3.8, 4) is 11.1 Å². The van der Waals surface area contributed by atoms with Crippen LogP contribution in [0.15, 0.2) is 24.3 Å². The molecule has 4 nitrogen and oxygen atoms in total. The summed E-state index contributed by atoms with van der Waals surface area (Å²) >= 11 is 0. The van der Waals surface area contributed by atoms with Gasteiger partial charge in [0.2, 0.25) is 5.91 Å². The first kappa shape index (κ1) is 22.1. The summed E-state index contributed by atoms with van der Waals surface area (Å²) in [6.45, 7) is 9.50. The summed E-state index contributed by atoms with van der Waals surface area (Å²) in [5.74, 6) is -1.22. The number of carbonyl (C=O) groups is 2. The van der Waals surface area contributed by atoms with Crippen LogP contribution in [0.3, 0.4) is 0 Å². The molecule has 1 amide bonds. The number of benzene rings is 2. The van der Waals surface area contributed by atoms with Crippen LogP contribution < -0.4 is 5.32 Å². The van der Waals surface area contributed by atoms with Gasteiger partial charge in [-0.3, -0.25) is 9.59 Å². The highest BCUT2D eigenvalue weighted by Gasteiger charge is 2.32. The number of aliphatic carboxylic acids is 1. The van der Waals surface area contributed by atoms with Crippen molar-refractivity contribution in [1.29, 1.82) is 0 Å². The number of aryl methyl sites for hydroxylation is 2. The summed E-state index contributed by atoms with van der Waals surface area (Å²) < 4.78 is 0. The molecule has 160 valence electrons. The molecule has 3 rings (SSSR count). The van der Waals surface area contributed by atoms with Gasteiger partial charge >= 0.3 is 5.97 Å². The summed E-state index contributed by atoms with van der Waals surface area (Å²) in [4.78, 5) is 23.8. The van der Waals surface area contributed by atoms with Crippen LogP contribution in [0.25, 0.3) is 11.1 Å². The Balaban J connectivity index is 2.28. The van der Waals surface area contributed by atoms with Gasteiger partial charge in [-0.25, -0.2) is 0 Å². The third-order valence-electron chi connectivity index (χ3n) is 6.23. The number of hydrogen-bond acceptors (Lipinski definition) is 2. The number of unbranched alkanes of at least 4 members (excludes halogenated alkanes) is 1. The Morgan fingerprint density at radius 2 is 1.90 bits per heavy atom. The molecule has 0 aromatic heterocycles. The van der Waals surface area contributed by atoms with Crippen molar-refractivity contribution in [2.24, 2.45) is 0 Å². The van der Waals surface area contributed by atoms with Crippen LogP contribution in [-0.4, -0.2) is 17.0 Å². The second kappa shape index (κ2) is 9.03. The minimum atomic E-state index is -0.848. The average Bonchev–Trinajstić information content (AvgIpc) is 3.53. The lowest BCUT2D eigenvalue weighted by Gasteiger charge is -2.24. The number of hydrogen-bond donors (Lipinski definition) is 2. The lowest BCUT2D eigenvalue weighted by Crippen LogP contribution is -2.15. The zero-order chi connectivity index (χ0) is 22.0. The zero-order valence-corrected chi connectivity index (χ0v) is 18.8. The van der Waals surface area contributed by atoms with Crippen LogP contribution in [0.1, 0.15) is 86.1 Å². The normalized spacial score (nSPS) is 14.4. The fourth-order valence-corrected chi connectivity index (χ4v) is 4.31. The first-order valence-corrected chi connectivity index (χ1v) is 11.0. The maximum atomic E-state index is 12.0. The molecule has 0 saturated heterocycles. The molecule has 0 bridgehead atoms. The van der Waals surface area contributed by atoms with E-state index in [2.05, 4.69) is 43.4 Å². The van der Waals surface area contributed by atoms with E-state index >= 15 is 0 Å². The third kappa shape index (κ3) is 4.58. The van der Waals surface area contributed by atoms with Crippen molar-refractivity contribution in [3.63, 3.8) is 0 Å². The summed E-state index contributed by atoms with van der Waals surface area (Å²) in [5.41, 5.74) is 8.31. The molecular formula is C26H33NO3. The minimum Gasteiger partial charge on any atom is -0.481 e. The van der Waals surface area contributed by atoms with Gasteiger partial charge in [0.05, 0.1) is 5.92 Å². The number of carboxylic acids is 1. The van der Waals surface area contributed by atoms with Gasteiger partial charge in [-0.1, -0.05) is 31.5 Å². The molecule has 1 aliphatic rings. The van der Waals surface area contributed by atoms with E-state index in [0.29, 0.717) is 5.92 Å². The molecule has 1 aliphatic carbocycles. The number of carboxylic acid groups (broad SMARTS) is 1. The van der Waals surface area contributed by atoms with Gasteiger partial charge in [-0.15, -0.1) is 0 Å². The molecular weight excluding hydrogens is 374 g/mol. The van der Waals surface area contributed by atoms with Gasteiger partial charge in [0.1, 0.15) is 0 Å². The molecule has 0 heterocycles. The van der Waals surface area contributed by atoms with Crippen molar-refractivity contribution in [2.45, 2.75) is 78.6 Å². The Kier molecular flexibility index (Phi) is 6.64. The van der Waals surface area contributed by atoms with Crippen LogP contribution >= 0.6 is 0 Å². The van der Waals surface area contributed by atoms with Crippen LogP contribution in [0, 0.1) is 13.8 Å². The molecule has 4 heteroatoms. The van der Waals surface area contributed by atoms with Gasteiger partial charge < -0.3 is 10.4 Å². The van der Waals surface area contributed by atoms with E-state index in [9.17, 15) is 14.7 Å². The third-order valence-corrected chi connectivity index (χ3v) is 6.23. The largest absolute Gasteiger partial charge is 0.481 e. The molecule has 2 N–H and O–H groups in total. The highest BCUT2D eigenvalue weighted by Crippen LogP contribution is 2.49. The molecule has 1 saturated carbocycles. The van der Waals surface area contributed by atoms with Crippen molar-refractivity contribution in [2.75, 3.05) is 5.32 Å². The molecule has 0 spiro atoms. The highest BCUT2D eigenvalue weighted by molar-refractivity contribution is 5.93. The number of nitrogens with one attached hydrogen (secondary N) is 1. The van der Waals surface area contributed by atoms with Crippen LogP contribution in [0.2, 0.25) is 0 Å². The Morgan fingerprint density at radius 1 is 1.20 bits per heavy atom. The van der Waals surface area contributed by atoms with E-state index < -0.39 is 11.9 Å². The van der Waals surface area contributed by atoms with Gasteiger partial charge in [-0.05, 0) is 97.4 Å². The Labute approximate surface area is 179 Å². The lowest BCUT2D eigenvalue weighted by atomic mass is 9.82. The molecule has 0 aliphatic heterocycles. The van der Waals surface area contributed by atoms with Gasteiger partial charge in [0.25, 0.3) is 0 Å². The molecule has 0 radical (unpaired) electrons. The zero-order valence-electron chi connectivity index (χ0n) is 18.8. The number of rotatable bonds is 8. The van der Waals surface area contributed by atoms with E-state index in [1.165, 1.54) is 18.1 Å². The second-order valence-electron chi connectivity index (χ2n) is 8.69. The SMILES string of the molecule is CCCCc1cc(-c2c(C3CC3)cc(NC(C)=O)c(C)c2[C@@H](C)C(=O)O)ccc1C. The van der Waals surface area contributed by atoms with Crippen LogP contribution in [-0.2, 0) is 16.0 Å². The summed E-state index contributed by atoms with van der Waals surface area (Å²) in [6.07, 6.45) is 5.51. The number of anilines is 1. The monoisotopic (exact) mass is 407 g/mol. The highest BCUT2D eigenvalue weighted by atomic mass is 16.4. The summed E-state index contributed by atoms with van der Waals surface area (Å²) in [5, 5.41) is 12.8. The molecule has 30 heavy (non-hydrogen) atoms. The maximum Gasteiger partial charge on any atom is 0.310 e. The van der Waals surface area contributed by atoms with E-state index in [-0.39, 0.29) is 5.91 Å². The average molecular weight is 408 g/mol. The minimum absolute atomic E-state index is 0.140. The standard InChI is InChI=1S/C26H33NO3/c1-6-7-8-20-13-21(10-9-15(20)2)25-22(19-11-12-19)14-23(27-18(5)28)16(3)24(25)17(4)26(29)30/h9-10,13-14,17,19H,6-8,11-12H2,1-5H3,(H,27,28)(H,29,30)/t17-/m1/s1. The Hall–Kier alpha value is -2.62. The van der Waals surface area contributed by atoms with E-state index in [1.807, 2.05) is 6.92 Å². The topological polar surface area (TPSA) is 66.4 Å². The van der Waals surface area contributed by atoms with Gasteiger partial charge in [-0.2, -0.15) is 0 Å². The molecule has 2 aromatic carbocycles. The molecule has 0 unspecified atom stereocenters.